The minimum atomic E-state index is 0.0175. The molecule has 0 saturated carbocycles. The van der Waals surface area contributed by atoms with Gasteiger partial charge < -0.3 is 10.6 Å². The zero-order valence-corrected chi connectivity index (χ0v) is 10.8. The van der Waals surface area contributed by atoms with Crippen molar-refractivity contribution in [3.8, 4) is 0 Å². The summed E-state index contributed by atoms with van der Waals surface area (Å²) in [5, 5.41) is 6.60. The van der Waals surface area contributed by atoms with Crippen LogP contribution in [0.3, 0.4) is 0 Å². The Kier molecular flexibility index (Phi) is 4.10. The van der Waals surface area contributed by atoms with Gasteiger partial charge in [-0.3, -0.25) is 0 Å². The SMILES string of the molecule is CC(C)CNc1cc(NC(C)(C)C)ncn1. The maximum absolute atomic E-state index is 4.19. The standard InChI is InChI=1S/C12H22N4/c1-9(2)7-13-10-6-11(15-8-14-10)16-12(3,4)5/h6,8-9H,7H2,1-5H3,(H2,13,14,15,16). The second-order valence-electron chi connectivity index (χ2n) is 5.44. The predicted octanol–water partition coefficient (Wildman–Crippen LogP) is 2.75. The Morgan fingerprint density at radius 1 is 1.19 bits per heavy atom. The molecule has 0 atom stereocenters. The largest absolute Gasteiger partial charge is 0.370 e. The number of anilines is 2. The normalized spacial score (nSPS) is 11.6. The smallest absolute Gasteiger partial charge is 0.131 e. The summed E-state index contributed by atoms with van der Waals surface area (Å²) in [7, 11) is 0. The lowest BCUT2D eigenvalue weighted by Gasteiger charge is -2.21. The number of nitrogens with one attached hydrogen (secondary N) is 2. The number of rotatable bonds is 4. The van der Waals surface area contributed by atoms with Crippen molar-refractivity contribution in [2.75, 3.05) is 17.2 Å². The highest BCUT2D eigenvalue weighted by Crippen LogP contribution is 2.14. The fourth-order valence-electron chi connectivity index (χ4n) is 1.22. The van der Waals surface area contributed by atoms with E-state index >= 15 is 0 Å². The van der Waals surface area contributed by atoms with Crippen molar-refractivity contribution >= 4 is 11.6 Å². The van der Waals surface area contributed by atoms with Gasteiger partial charge in [0.2, 0.25) is 0 Å². The van der Waals surface area contributed by atoms with E-state index in [1.807, 2.05) is 6.07 Å². The second-order valence-corrected chi connectivity index (χ2v) is 5.44. The third-order valence-electron chi connectivity index (χ3n) is 1.86. The summed E-state index contributed by atoms with van der Waals surface area (Å²) in [6, 6.07) is 1.94. The highest BCUT2D eigenvalue weighted by molar-refractivity contribution is 5.47. The van der Waals surface area contributed by atoms with E-state index in [4.69, 9.17) is 0 Å². The third kappa shape index (κ3) is 4.96. The van der Waals surface area contributed by atoms with Gasteiger partial charge in [-0.2, -0.15) is 0 Å². The number of aromatic nitrogens is 2. The topological polar surface area (TPSA) is 49.8 Å². The Labute approximate surface area is 97.9 Å². The molecular formula is C12H22N4. The first kappa shape index (κ1) is 12.7. The molecule has 4 nitrogen and oxygen atoms in total. The number of nitrogens with zero attached hydrogens (tertiary/aromatic N) is 2. The van der Waals surface area contributed by atoms with Crippen LogP contribution in [0.15, 0.2) is 12.4 Å². The van der Waals surface area contributed by atoms with Gasteiger partial charge in [0.1, 0.15) is 18.0 Å². The molecule has 1 heterocycles. The molecule has 0 fully saturated rings. The molecule has 0 spiro atoms. The molecule has 0 saturated heterocycles. The molecule has 1 rings (SSSR count). The van der Waals surface area contributed by atoms with Crippen LogP contribution < -0.4 is 10.6 Å². The van der Waals surface area contributed by atoms with Gasteiger partial charge >= 0.3 is 0 Å². The third-order valence-corrected chi connectivity index (χ3v) is 1.86. The van der Waals surface area contributed by atoms with Crippen molar-refractivity contribution in [2.24, 2.45) is 5.92 Å². The molecule has 0 radical (unpaired) electrons. The molecule has 0 amide bonds. The van der Waals surface area contributed by atoms with Crippen molar-refractivity contribution < 1.29 is 0 Å². The van der Waals surface area contributed by atoms with Crippen LogP contribution in [0.1, 0.15) is 34.6 Å². The Bertz CT molecular complexity index is 328. The molecular weight excluding hydrogens is 200 g/mol. The fourth-order valence-corrected chi connectivity index (χ4v) is 1.22. The first-order chi connectivity index (χ1) is 7.37. The number of hydrogen-bond acceptors (Lipinski definition) is 4. The molecule has 0 aliphatic heterocycles. The van der Waals surface area contributed by atoms with E-state index < -0.39 is 0 Å². The van der Waals surface area contributed by atoms with Gasteiger partial charge in [0, 0.05) is 18.2 Å². The Morgan fingerprint density at radius 2 is 1.81 bits per heavy atom. The van der Waals surface area contributed by atoms with Crippen LogP contribution in [0.5, 0.6) is 0 Å². The summed E-state index contributed by atoms with van der Waals surface area (Å²) in [4.78, 5) is 8.37. The minimum Gasteiger partial charge on any atom is -0.370 e. The molecule has 0 unspecified atom stereocenters. The fraction of sp³-hybridized carbons (Fsp3) is 0.667. The second kappa shape index (κ2) is 5.14. The van der Waals surface area contributed by atoms with Crippen LogP contribution in [-0.4, -0.2) is 22.1 Å². The molecule has 0 bridgehead atoms. The van der Waals surface area contributed by atoms with Crippen molar-refractivity contribution in [1.82, 2.24) is 9.97 Å². The van der Waals surface area contributed by atoms with Crippen LogP contribution in [0.4, 0.5) is 11.6 Å². The van der Waals surface area contributed by atoms with Gasteiger partial charge in [-0.15, -0.1) is 0 Å². The quantitative estimate of drug-likeness (QED) is 0.822. The maximum Gasteiger partial charge on any atom is 0.131 e. The van der Waals surface area contributed by atoms with Gasteiger partial charge in [-0.25, -0.2) is 9.97 Å². The highest BCUT2D eigenvalue weighted by Gasteiger charge is 2.10. The van der Waals surface area contributed by atoms with Gasteiger partial charge in [0.15, 0.2) is 0 Å². The molecule has 16 heavy (non-hydrogen) atoms. The highest BCUT2D eigenvalue weighted by atomic mass is 15.1. The summed E-state index contributed by atoms with van der Waals surface area (Å²) in [5.41, 5.74) is 0.0175. The van der Waals surface area contributed by atoms with Crippen LogP contribution in [0.2, 0.25) is 0 Å². The van der Waals surface area contributed by atoms with Crippen molar-refractivity contribution in [2.45, 2.75) is 40.2 Å². The monoisotopic (exact) mass is 222 g/mol. The molecule has 2 N–H and O–H groups in total. The van der Waals surface area contributed by atoms with E-state index in [-0.39, 0.29) is 5.54 Å². The van der Waals surface area contributed by atoms with E-state index in [9.17, 15) is 0 Å². The van der Waals surface area contributed by atoms with E-state index in [2.05, 4.69) is 55.2 Å². The average molecular weight is 222 g/mol. The first-order valence-electron chi connectivity index (χ1n) is 5.71. The zero-order chi connectivity index (χ0) is 12.2. The minimum absolute atomic E-state index is 0.0175. The van der Waals surface area contributed by atoms with E-state index in [0.29, 0.717) is 5.92 Å². The van der Waals surface area contributed by atoms with Crippen LogP contribution in [-0.2, 0) is 0 Å². The van der Waals surface area contributed by atoms with Gasteiger partial charge in [-0.1, -0.05) is 13.8 Å². The summed E-state index contributed by atoms with van der Waals surface area (Å²) < 4.78 is 0. The van der Waals surface area contributed by atoms with Crippen LogP contribution in [0.25, 0.3) is 0 Å². The average Bonchev–Trinajstić information content (AvgIpc) is 2.12. The Hall–Kier alpha value is -1.32. The summed E-state index contributed by atoms with van der Waals surface area (Å²) in [6.07, 6.45) is 1.58. The summed E-state index contributed by atoms with van der Waals surface area (Å²) >= 11 is 0. The molecule has 0 aromatic carbocycles. The van der Waals surface area contributed by atoms with E-state index in [1.165, 1.54) is 0 Å². The Balaban J connectivity index is 2.64. The lowest BCUT2D eigenvalue weighted by molar-refractivity contribution is 0.630. The van der Waals surface area contributed by atoms with Crippen LogP contribution in [0, 0.1) is 5.92 Å². The lowest BCUT2D eigenvalue weighted by atomic mass is 10.1. The van der Waals surface area contributed by atoms with Gasteiger partial charge in [0.05, 0.1) is 0 Å². The molecule has 90 valence electrons. The molecule has 1 aromatic rings. The van der Waals surface area contributed by atoms with Crippen molar-refractivity contribution in [1.29, 1.82) is 0 Å². The molecule has 0 aliphatic carbocycles. The van der Waals surface area contributed by atoms with Crippen molar-refractivity contribution in [3.63, 3.8) is 0 Å². The summed E-state index contributed by atoms with van der Waals surface area (Å²) in [5.74, 6) is 2.33. The van der Waals surface area contributed by atoms with E-state index in [0.717, 1.165) is 18.2 Å². The Morgan fingerprint density at radius 3 is 2.38 bits per heavy atom. The molecule has 0 aliphatic rings. The maximum atomic E-state index is 4.19. The predicted molar refractivity (Wildman–Crippen MR) is 68.7 cm³/mol. The van der Waals surface area contributed by atoms with Gasteiger partial charge in [-0.05, 0) is 26.7 Å². The first-order valence-corrected chi connectivity index (χ1v) is 5.71. The van der Waals surface area contributed by atoms with E-state index in [1.54, 1.807) is 6.33 Å². The van der Waals surface area contributed by atoms with Crippen LogP contribution >= 0.6 is 0 Å². The van der Waals surface area contributed by atoms with Crippen molar-refractivity contribution in [3.05, 3.63) is 12.4 Å². The van der Waals surface area contributed by atoms with Gasteiger partial charge in [0.25, 0.3) is 0 Å². The molecule has 4 heteroatoms. The lowest BCUT2D eigenvalue weighted by Crippen LogP contribution is -2.26. The zero-order valence-electron chi connectivity index (χ0n) is 10.8. The summed E-state index contributed by atoms with van der Waals surface area (Å²) in [6.45, 7) is 11.6. The molecule has 1 aromatic heterocycles. The number of hydrogen-bond donors (Lipinski definition) is 2.